The second-order valence-corrected chi connectivity index (χ2v) is 4.85. The molecular weight excluding hydrogens is 302 g/mol. The van der Waals surface area contributed by atoms with Gasteiger partial charge in [-0.25, -0.2) is 9.97 Å². The van der Waals surface area contributed by atoms with Crippen molar-refractivity contribution in [2.45, 2.75) is 6.92 Å². The van der Waals surface area contributed by atoms with Crippen molar-refractivity contribution >= 4 is 23.2 Å². The van der Waals surface area contributed by atoms with E-state index >= 15 is 0 Å². The molecule has 0 atom stereocenters. The van der Waals surface area contributed by atoms with Gasteiger partial charge in [0.05, 0.1) is 0 Å². The fourth-order valence-corrected chi connectivity index (χ4v) is 1.82. The molecule has 0 amide bonds. The van der Waals surface area contributed by atoms with Crippen molar-refractivity contribution in [2.24, 2.45) is 0 Å². The Bertz CT molecular complexity index is 762. The average molecular weight is 314 g/mol. The van der Waals surface area contributed by atoms with Crippen LogP contribution in [0.15, 0.2) is 48.7 Å². The number of nitrogens with zero attached hydrogens (tertiary/aromatic N) is 4. The fourth-order valence-electron chi connectivity index (χ4n) is 1.72. The van der Waals surface area contributed by atoms with Crippen molar-refractivity contribution in [3.63, 3.8) is 0 Å². The molecule has 22 heavy (non-hydrogen) atoms. The normalized spacial score (nSPS) is 10.3. The third kappa shape index (κ3) is 3.67. The quantitative estimate of drug-likeness (QED) is 0.790. The highest BCUT2D eigenvalue weighted by atomic mass is 35.5. The second kappa shape index (κ2) is 6.36. The van der Waals surface area contributed by atoms with Crippen LogP contribution in [-0.4, -0.2) is 20.2 Å². The van der Waals surface area contributed by atoms with Gasteiger partial charge < -0.3 is 10.1 Å². The number of aromatic nitrogens is 4. The van der Waals surface area contributed by atoms with Crippen LogP contribution in [0, 0.1) is 6.92 Å². The number of halogens is 1. The van der Waals surface area contributed by atoms with E-state index in [1.54, 1.807) is 18.3 Å². The fraction of sp³-hybridized carbons (Fsp3) is 0.0667. The lowest BCUT2D eigenvalue weighted by molar-refractivity contribution is 0.455. The van der Waals surface area contributed by atoms with Crippen LogP contribution in [0.5, 0.6) is 11.6 Å². The number of nitrogens with one attached hydrogen (secondary N) is 1. The molecule has 110 valence electrons. The first-order chi connectivity index (χ1) is 10.7. The van der Waals surface area contributed by atoms with E-state index in [-0.39, 0.29) is 0 Å². The van der Waals surface area contributed by atoms with Crippen molar-refractivity contribution in [3.05, 3.63) is 59.5 Å². The summed E-state index contributed by atoms with van der Waals surface area (Å²) in [6.07, 6.45) is 1.71. The van der Waals surface area contributed by atoms with Gasteiger partial charge in [-0.3, -0.25) is 0 Å². The zero-order valence-corrected chi connectivity index (χ0v) is 12.4. The van der Waals surface area contributed by atoms with E-state index in [9.17, 15) is 0 Å². The molecule has 0 fully saturated rings. The highest BCUT2D eigenvalue weighted by Crippen LogP contribution is 2.22. The van der Waals surface area contributed by atoms with Crippen molar-refractivity contribution < 1.29 is 4.74 Å². The Balaban J connectivity index is 1.68. The van der Waals surface area contributed by atoms with E-state index in [1.165, 1.54) is 0 Å². The van der Waals surface area contributed by atoms with Crippen LogP contribution in [0.3, 0.4) is 0 Å². The molecule has 0 unspecified atom stereocenters. The maximum Gasteiger partial charge on any atom is 0.238 e. The Morgan fingerprint density at radius 2 is 1.82 bits per heavy atom. The topological polar surface area (TPSA) is 72.8 Å². The molecule has 0 bridgehead atoms. The maximum absolute atomic E-state index is 5.67. The smallest absolute Gasteiger partial charge is 0.238 e. The van der Waals surface area contributed by atoms with Gasteiger partial charge in [-0.2, -0.15) is 0 Å². The lowest BCUT2D eigenvalue weighted by atomic mass is 10.3. The zero-order valence-electron chi connectivity index (χ0n) is 11.7. The summed E-state index contributed by atoms with van der Waals surface area (Å²) in [5.41, 5.74) is 1.76. The van der Waals surface area contributed by atoms with E-state index in [2.05, 4.69) is 25.5 Å². The number of aryl methyl sites for hydroxylation is 1. The molecule has 6 nitrogen and oxygen atoms in total. The monoisotopic (exact) mass is 313 g/mol. The summed E-state index contributed by atoms with van der Waals surface area (Å²) in [5, 5.41) is 11.0. The molecule has 0 aliphatic rings. The van der Waals surface area contributed by atoms with E-state index in [1.807, 2.05) is 37.3 Å². The molecule has 2 aromatic heterocycles. The van der Waals surface area contributed by atoms with E-state index < -0.39 is 0 Å². The van der Waals surface area contributed by atoms with Crippen LogP contribution in [0.2, 0.25) is 5.15 Å². The minimum Gasteiger partial charge on any atom is -0.438 e. The highest BCUT2D eigenvalue weighted by molar-refractivity contribution is 6.29. The molecule has 2 heterocycles. The lowest BCUT2D eigenvalue weighted by Gasteiger charge is -2.07. The molecule has 0 aliphatic heterocycles. The number of benzene rings is 1. The minimum atomic E-state index is 0.324. The summed E-state index contributed by atoms with van der Waals surface area (Å²) in [6.45, 7) is 1.91. The predicted octanol–water partition coefficient (Wildman–Crippen LogP) is 3.76. The Morgan fingerprint density at radius 1 is 1.00 bits per heavy atom. The minimum absolute atomic E-state index is 0.324. The highest BCUT2D eigenvalue weighted by Gasteiger charge is 2.02. The lowest BCUT2D eigenvalue weighted by Crippen LogP contribution is -1.97. The molecule has 3 aromatic rings. The number of anilines is 2. The second-order valence-electron chi connectivity index (χ2n) is 4.47. The van der Waals surface area contributed by atoms with Gasteiger partial charge in [0.25, 0.3) is 0 Å². The predicted molar refractivity (Wildman–Crippen MR) is 83.6 cm³/mol. The zero-order chi connectivity index (χ0) is 15.4. The van der Waals surface area contributed by atoms with Gasteiger partial charge in [-0.05, 0) is 43.3 Å². The molecule has 3 rings (SSSR count). The van der Waals surface area contributed by atoms with Crippen LogP contribution in [0.1, 0.15) is 5.69 Å². The van der Waals surface area contributed by atoms with Crippen LogP contribution >= 0.6 is 11.6 Å². The number of rotatable bonds is 4. The first-order valence-electron chi connectivity index (χ1n) is 6.53. The van der Waals surface area contributed by atoms with E-state index in [4.69, 9.17) is 16.3 Å². The maximum atomic E-state index is 5.67. The van der Waals surface area contributed by atoms with Crippen molar-refractivity contribution in [3.8, 4) is 11.6 Å². The summed E-state index contributed by atoms with van der Waals surface area (Å²) in [6, 6.07) is 12.5. The van der Waals surface area contributed by atoms with Crippen molar-refractivity contribution in [2.75, 3.05) is 5.32 Å². The molecular formula is C15H12ClN5O. The summed E-state index contributed by atoms with van der Waals surface area (Å²) >= 11 is 5.67. The van der Waals surface area contributed by atoms with Gasteiger partial charge in [0.2, 0.25) is 11.8 Å². The Hall–Kier alpha value is -2.73. The van der Waals surface area contributed by atoms with Gasteiger partial charge in [-0.1, -0.05) is 11.6 Å². The van der Waals surface area contributed by atoms with Crippen molar-refractivity contribution in [1.29, 1.82) is 0 Å². The standard InChI is InChI=1S/C15H12ClN5O/c1-10-8-9-17-15(18-10)19-11-2-4-12(5-3-11)22-14-7-6-13(16)20-21-14/h2-9H,1H3,(H,17,18,19). The molecule has 0 saturated carbocycles. The van der Waals surface area contributed by atoms with Gasteiger partial charge >= 0.3 is 0 Å². The molecule has 1 aromatic carbocycles. The Labute approximate surface area is 132 Å². The first-order valence-corrected chi connectivity index (χ1v) is 6.91. The molecule has 7 heteroatoms. The number of ether oxygens (including phenoxy) is 1. The first kappa shape index (κ1) is 14.2. The summed E-state index contributed by atoms with van der Waals surface area (Å²) in [7, 11) is 0. The van der Waals surface area contributed by atoms with Gasteiger partial charge in [0, 0.05) is 23.6 Å². The van der Waals surface area contributed by atoms with E-state index in [0.717, 1.165) is 11.4 Å². The Kier molecular flexibility index (Phi) is 4.11. The molecule has 0 aliphatic carbocycles. The molecule has 1 N–H and O–H groups in total. The average Bonchev–Trinajstić information content (AvgIpc) is 2.52. The molecule has 0 spiro atoms. The van der Waals surface area contributed by atoms with Gasteiger partial charge in [-0.15, -0.1) is 10.2 Å². The molecule has 0 saturated heterocycles. The summed E-state index contributed by atoms with van der Waals surface area (Å²) in [5.74, 6) is 1.58. The van der Waals surface area contributed by atoms with E-state index in [0.29, 0.717) is 22.7 Å². The SMILES string of the molecule is Cc1ccnc(Nc2ccc(Oc3ccc(Cl)nn3)cc2)n1. The number of hydrogen-bond donors (Lipinski definition) is 1. The van der Waals surface area contributed by atoms with Crippen molar-refractivity contribution in [1.82, 2.24) is 20.2 Å². The number of hydrogen-bond acceptors (Lipinski definition) is 6. The van der Waals surface area contributed by atoms with Crippen LogP contribution in [-0.2, 0) is 0 Å². The molecule has 0 radical (unpaired) electrons. The summed E-state index contributed by atoms with van der Waals surface area (Å²) < 4.78 is 5.57. The van der Waals surface area contributed by atoms with Gasteiger partial charge in [0.15, 0.2) is 5.15 Å². The Morgan fingerprint density at radius 3 is 2.50 bits per heavy atom. The van der Waals surface area contributed by atoms with Crippen LogP contribution in [0.25, 0.3) is 0 Å². The largest absolute Gasteiger partial charge is 0.438 e. The third-order valence-corrected chi connectivity index (χ3v) is 2.94. The third-order valence-electron chi connectivity index (χ3n) is 2.74. The van der Waals surface area contributed by atoms with Gasteiger partial charge in [0.1, 0.15) is 5.75 Å². The summed E-state index contributed by atoms with van der Waals surface area (Å²) in [4.78, 5) is 8.43. The van der Waals surface area contributed by atoms with Crippen LogP contribution < -0.4 is 10.1 Å². The van der Waals surface area contributed by atoms with Crippen LogP contribution in [0.4, 0.5) is 11.6 Å².